The van der Waals surface area contributed by atoms with Gasteiger partial charge >= 0.3 is 0 Å². The molecule has 0 bridgehead atoms. The number of sulfonamides is 1. The van der Waals surface area contributed by atoms with Gasteiger partial charge in [0.15, 0.2) is 0 Å². The van der Waals surface area contributed by atoms with Gasteiger partial charge in [-0.2, -0.15) is 5.10 Å². The lowest BCUT2D eigenvalue weighted by Gasteiger charge is -2.09. The Bertz CT molecular complexity index is 851. The van der Waals surface area contributed by atoms with E-state index < -0.39 is 10.0 Å². The summed E-state index contributed by atoms with van der Waals surface area (Å²) in [6, 6.07) is 11.0. The van der Waals surface area contributed by atoms with Crippen molar-refractivity contribution in [1.82, 2.24) is 14.8 Å². The predicted octanol–water partition coefficient (Wildman–Crippen LogP) is 2.31. The third-order valence-electron chi connectivity index (χ3n) is 3.07. The molecule has 0 saturated heterocycles. The molecule has 2 heterocycles. The van der Waals surface area contributed by atoms with Crippen LogP contribution in [0, 0.1) is 6.92 Å². The minimum atomic E-state index is -3.64. The van der Waals surface area contributed by atoms with E-state index in [2.05, 4.69) is 14.9 Å². The standard InChI is InChI=1S/C14H14N4O2S/c1-11-14(10-15-16-11)21(19,20)17-12-5-4-6-13(9-12)18-7-2-3-8-18/h2-10,17H,1H3,(H,15,16). The van der Waals surface area contributed by atoms with E-state index in [1.165, 1.54) is 6.20 Å². The minimum Gasteiger partial charge on any atom is -0.324 e. The van der Waals surface area contributed by atoms with E-state index in [0.29, 0.717) is 11.4 Å². The molecule has 108 valence electrons. The quantitative estimate of drug-likeness (QED) is 0.776. The normalized spacial score (nSPS) is 11.5. The topological polar surface area (TPSA) is 79.8 Å². The molecular weight excluding hydrogens is 288 g/mol. The van der Waals surface area contributed by atoms with Gasteiger partial charge in [0, 0.05) is 18.1 Å². The molecule has 0 saturated carbocycles. The molecule has 0 aliphatic heterocycles. The molecule has 0 aliphatic carbocycles. The number of nitrogens with zero attached hydrogens (tertiary/aromatic N) is 2. The van der Waals surface area contributed by atoms with Gasteiger partial charge in [-0.05, 0) is 37.3 Å². The van der Waals surface area contributed by atoms with Crippen LogP contribution in [0.2, 0.25) is 0 Å². The van der Waals surface area contributed by atoms with Gasteiger partial charge in [0.05, 0.1) is 17.6 Å². The molecule has 0 amide bonds. The number of aryl methyl sites for hydroxylation is 1. The number of hydrogen-bond donors (Lipinski definition) is 2. The Balaban J connectivity index is 1.92. The zero-order valence-corrected chi connectivity index (χ0v) is 12.1. The molecule has 0 unspecified atom stereocenters. The van der Waals surface area contributed by atoms with Crippen LogP contribution in [0.5, 0.6) is 0 Å². The Labute approximate surface area is 122 Å². The number of benzene rings is 1. The third-order valence-corrected chi connectivity index (χ3v) is 4.57. The molecule has 0 spiro atoms. The molecule has 0 atom stereocenters. The van der Waals surface area contributed by atoms with Crippen molar-refractivity contribution in [1.29, 1.82) is 0 Å². The second-order valence-corrected chi connectivity index (χ2v) is 6.26. The number of rotatable bonds is 4. The molecule has 0 aliphatic rings. The van der Waals surface area contributed by atoms with Crippen molar-refractivity contribution in [2.24, 2.45) is 0 Å². The number of nitrogens with one attached hydrogen (secondary N) is 2. The highest BCUT2D eigenvalue weighted by atomic mass is 32.2. The number of aromatic nitrogens is 3. The summed E-state index contributed by atoms with van der Waals surface area (Å²) < 4.78 is 29.1. The molecule has 7 heteroatoms. The van der Waals surface area contributed by atoms with Crippen molar-refractivity contribution < 1.29 is 8.42 Å². The molecule has 0 radical (unpaired) electrons. The van der Waals surface area contributed by atoms with Crippen LogP contribution in [0.3, 0.4) is 0 Å². The third kappa shape index (κ3) is 2.68. The molecule has 3 aromatic rings. The fourth-order valence-corrected chi connectivity index (χ4v) is 3.24. The van der Waals surface area contributed by atoms with Gasteiger partial charge < -0.3 is 4.57 Å². The Morgan fingerprint density at radius 3 is 2.62 bits per heavy atom. The maximum absolute atomic E-state index is 12.3. The number of hydrogen-bond acceptors (Lipinski definition) is 3. The Morgan fingerprint density at radius 1 is 1.19 bits per heavy atom. The SMILES string of the molecule is Cc1[nH]ncc1S(=O)(=O)Nc1cccc(-n2cccc2)c1. The fraction of sp³-hybridized carbons (Fsp3) is 0.0714. The highest BCUT2D eigenvalue weighted by Crippen LogP contribution is 2.20. The number of anilines is 1. The fourth-order valence-electron chi connectivity index (χ4n) is 2.06. The summed E-state index contributed by atoms with van der Waals surface area (Å²) in [5, 5.41) is 6.36. The molecule has 6 nitrogen and oxygen atoms in total. The van der Waals surface area contributed by atoms with Gasteiger partial charge in [-0.1, -0.05) is 6.07 Å². The highest BCUT2D eigenvalue weighted by Gasteiger charge is 2.18. The maximum Gasteiger partial charge on any atom is 0.265 e. The van der Waals surface area contributed by atoms with Crippen molar-refractivity contribution in [3.8, 4) is 5.69 Å². The van der Waals surface area contributed by atoms with Gasteiger partial charge in [0.1, 0.15) is 4.90 Å². The van der Waals surface area contributed by atoms with Gasteiger partial charge in [-0.15, -0.1) is 0 Å². The van der Waals surface area contributed by atoms with E-state index in [0.717, 1.165) is 5.69 Å². The van der Waals surface area contributed by atoms with Crippen LogP contribution in [0.1, 0.15) is 5.69 Å². The van der Waals surface area contributed by atoms with E-state index >= 15 is 0 Å². The lowest BCUT2D eigenvalue weighted by atomic mass is 10.3. The molecule has 0 fully saturated rings. The largest absolute Gasteiger partial charge is 0.324 e. The van der Waals surface area contributed by atoms with E-state index in [-0.39, 0.29) is 4.90 Å². The van der Waals surface area contributed by atoms with Crippen LogP contribution in [0.15, 0.2) is 59.9 Å². The first-order chi connectivity index (χ1) is 10.1. The van der Waals surface area contributed by atoms with E-state index in [1.54, 1.807) is 25.1 Å². The van der Waals surface area contributed by atoms with Crippen molar-refractivity contribution in [3.05, 3.63) is 60.7 Å². The van der Waals surface area contributed by atoms with E-state index in [1.807, 2.05) is 35.2 Å². The average molecular weight is 302 g/mol. The minimum absolute atomic E-state index is 0.147. The van der Waals surface area contributed by atoms with Crippen LogP contribution in [0.25, 0.3) is 5.69 Å². The van der Waals surface area contributed by atoms with Gasteiger partial charge in [-0.25, -0.2) is 8.42 Å². The highest BCUT2D eigenvalue weighted by molar-refractivity contribution is 7.92. The molecule has 21 heavy (non-hydrogen) atoms. The van der Waals surface area contributed by atoms with E-state index in [4.69, 9.17) is 0 Å². The summed E-state index contributed by atoms with van der Waals surface area (Å²) in [6.45, 7) is 1.66. The summed E-state index contributed by atoms with van der Waals surface area (Å²) in [7, 11) is -3.64. The molecule has 2 aromatic heterocycles. The molecular formula is C14H14N4O2S. The smallest absolute Gasteiger partial charge is 0.265 e. The van der Waals surface area contributed by atoms with Crippen LogP contribution in [-0.4, -0.2) is 23.2 Å². The van der Waals surface area contributed by atoms with E-state index in [9.17, 15) is 8.42 Å². The summed E-state index contributed by atoms with van der Waals surface area (Å²) in [5.41, 5.74) is 1.88. The number of aromatic amines is 1. The van der Waals surface area contributed by atoms with Gasteiger partial charge in [-0.3, -0.25) is 9.82 Å². The Morgan fingerprint density at radius 2 is 1.95 bits per heavy atom. The van der Waals surface area contributed by atoms with Crippen LogP contribution in [-0.2, 0) is 10.0 Å². The average Bonchev–Trinajstić information content (AvgIpc) is 3.09. The molecule has 1 aromatic carbocycles. The number of H-pyrrole nitrogens is 1. The monoisotopic (exact) mass is 302 g/mol. The second-order valence-electron chi connectivity index (χ2n) is 4.61. The lowest BCUT2D eigenvalue weighted by Crippen LogP contribution is -2.13. The van der Waals surface area contributed by atoms with Gasteiger partial charge in [0.2, 0.25) is 0 Å². The zero-order chi connectivity index (χ0) is 14.9. The summed E-state index contributed by atoms with van der Waals surface area (Å²) in [6.07, 6.45) is 5.09. The Kier molecular flexibility index (Phi) is 3.26. The van der Waals surface area contributed by atoms with Crippen molar-refractivity contribution in [3.63, 3.8) is 0 Å². The summed E-state index contributed by atoms with van der Waals surface area (Å²) >= 11 is 0. The van der Waals surface area contributed by atoms with Crippen molar-refractivity contribution in [2.75, 3.05) is 4.72 Å². The molecule has 3 rings (SSSR count). The van der Waals surface area contributed by atoms with Crippen LogP contribution in [0.4, 0.5) is 5.69 Å². The first kappa shape index (κ1) is 13.4. The first-order valence-corrected chi connectivity index (χ1v) is 7.81. The van der Waals surface area contributed by atoms with Crippen LogP contribution >= 0.6 is 0 Å². The maximum atomic E-state index is 12.3. The van der Waals surface area contributed by atoms with Crippen LogP contribution < -0.4 is 4.72 Å². The first-order valence-electron chi connectivity index (χ1n) is 6.32. The summed E-state index contributed by atoms with van der Waals surface area (Å²) in [4.78, 5) is 0.147. The Hall–Kier alpha value is -2.54. The van der Waals surface area contributed by atoms with Crippen molar-refractivity contribution in [2.45, 2.75) is 11.8 Å². The zero-order valence-electron chi connectivity index (χ0n) is 11.3. The molecule has 2 N–H and O–H groups in total. The summed E-state index contributed by atoms with van der Waals surface area (Å²) in [5.74, 6) is 0. The van der Waals surface area contributed by atoms with Gasteiger partial charge in [0.25, 0.3) is 10.0 Å². The predicted molar refractivity (Wildman–Crippen MR) is 79.9 cm³/mol. The lowest BCUT2D eigenvalue weighted by molar-refractivity contribution is 0.600. The van der Waals surface area contributed by atoms with Crippen molar-refractivity contribution >= 4 is 15.7 Å². The second kappa shape index (κ2) is 5.10.